The molecule has 0 saturated heterocycles. The van der Waals surface area contributed by atoms with E-state index in [0.29, 0.717) is 23.7 Å². The highest BCUT2D eigenvalue weighted by Gasteiger charge is 2.34. The number of benzene rings is 1. The number of carboxylic acid groups (broad SMARTS) is 1. The molecule has 0 radical (unpaired) electrons. The summed E-state index contributed by atoms with van der Waals surface area (Å²) in [5, 5.41) is 12.5. The molecule has 0 aliphatic heterocycles. The van der Waals surface area contributed by atoms with E-state index in [9.17, 15) is 19.5 Å². The zero-order valence-corrected chi connectivity index (χ0v) is 12.5. The first-order valence-electron chi connectivity index (χ1n) is 7.05. The molecule has 1 unspecified atom stereocenters. The minimum Gasteiger partial charge on any atom is -0.480 e. The van der Waals surface area contributed by atoms with Gasteiger partial charge in [-0.05, 0) is 19.4 Å². The van der Waals surface area contributed by atoms with Crippen LogP contribution in [0.1, 0.15) is 37.0 Å². The van der Waals surface area contributed by atoms with Crippen molar-refractivity contribution in [2.24, 2.45) is 0 Å². The number of hydrogen-bond acceptors (Lipinski definition) is 3. The lowest BCUT2D eigenvalue weighted by atomic mass is 9.95. The van der Waals surface area contributed by atoms with Crippen LogP contribution in [0, 0.1) is 0 Å². The van der Waals surface area contributed by atoms with Gasteiger partial charge in [-0.2, -0.15) is 0 Å². The van der Waals surface area contributed by atoms with Gasteiger partial charge in [0.2, 0.25) is 5.56 Å². The Balaban J connectivity index is 2.46. The van der Waals surface area contributed by atoms with E-state index >= 15 is 0 Å². The molecule has 2 aromatic rings. The monoisotopic (exact) mass is 302 g/mol. The number of carboxylic acids is 1. The Morgan fingerprint density at radius 3 is 2.64 bits per heavy atom. The molecule has 1 atom stereocenters. The molecule has 3 N–H and O–H groups in total. The number of para-hydroxylation sites is 1. The van der Waals surface area contributed by atoms with Crippen molar-refractivity contribution in [2.45, 2.75) is 32.2 Å². The number of pyridine rings is 1. The van der Waals surface area contributed by atoms with Crippen LogP contribution < -0.4 is 10.9 Å². The maximum Gasteiger partial charge on any atom is 0.329 e. The lowest BCUT2D eigenvalue weighted by Crippen LogP contribution is -2.52. The highest BCUT2D eigenvalue weighted by atomic mass is 16.4. The summed E-state index contributed by atoms with van der Waals surface area (Å²) in [6.45, 7) is 3.31. The topological polar surface area (TPSA) is 99.3 Å². The summed E-state index contributed by atoms with van der Waals surface area (Å²) in [5.74, 6) is -1.67. The molecule has 0 aliphatic rings. The van der Waals surface area contributed by atoms with Gasteiger partial charge in [-0.15, -0.1) is 0 Å². The lowest BCUT2D eigenvalue weighted by molar-refractivity contribution is -0.144. The number of H-pyrrole nitrogens is 1. The van der Waals surface area contributed by atoms with Crippen LogP contribution in [0.25, 0.3) is 10.9 Å². The van der Waals surface area contributed by atoms with Gasteiger partial charge in [0.25, 0.3) is 5.91 Å². The van der Waals surface area contributed by atoms with E-state index in [1.807, 2.05) is 6.92 Å². The Bertz CT molecular complexity index is 781. The number of hydrogen-bond donors (Lipinski definition) is 3. The van der Waals surface area contributed by atoms with Gasteiger partial charge in [0.15, 0.2) is 0 Å². The predicted molar refractivity (Wildman–Crippen MR) is 83.0 cm³/mol. The fourth-order valence-corrected chi connectivity index (χ4v) is 2.43. The zero-order chi connectivity index (χ0) is 16.3. The van der Waals surface area contributed by atoms with Crippen molar-refractivity contribution in [2.75, 3.05) is 0 Å². The lowest BCUT2D eigenvalue weighted by Gasteiger charge is -2.26. The second kappa shape index (κ2) is 6.01. The van der Waals surface area contributed by atoms with Crippen molar-refractivity contribution in [3.8, 4) is 0 Å². The number of carbonyl (C=O) groups is 2. The van der Waals surface area contributed by atoms with Gasteiger partial charge in [-0.25, -0.2) is 4.79 Å². The van der Waals surface area contributed by atoms with Crippen molar-refractivity contribution < 1.29 is 14.7 Å². The van der Waals surface area contributed by atoms with Crippen LogP contribution >= 0.6 is 0 Å². The molecule has 1 aromatic carbocycles. The summed E-state index contributed by atoms with van der Waals surface area (Å²) >= 11 is 0. The first-order chi connectivity index (χ1) is 10.4. The highest BCUT2D eigenvalue weighted by molar-refractivity contribution is 6.07. The van der Waals surface area contributed by atoms with Crippen LogP contribution in [0.5, 0.6) is 0 Å². The van der Waals surface area contributed by atoms with Crippen molar-refractivity contribution in [3.05, 3.63) is 46.2 Å². The molecule has 0 saturated carbocycles. The van der Waals surface area contributed by atoms with Crippen LogP contribution in [0.3, 0.4) is 0 Å². The smallest absolute Gasteiger partial charge is 0.329 e. The molecular formula is C16H18N2O4. The number of rotatable bonds is 5. The third-order valence-corrected chi connectivity index (χ3v) is 3.61. The third kappa shape index (κ3) is 3.00. The molecule has 2 rings (SSSR count). The van der Waals surface area contributed by atoms with Crippen molar-refractivity contribution >= 4 is 22.8 Å². The van der Waals surface area contributed by atoms with Gasteiger partial charge in [-0.1, -0.05) is 31.5 Å². The first kappa shape index (κ1) is 15.8. The highest BCUT2D eigenvalue weighted by Crippen LogP contribution is 2.18. The SMILES string of the molecule is CCCC(C)(NC(=O)c1cc(=O)[nH]c2ccccc12)C(=O)O. The number of fused-ring (bicyclic) bond motifs is 1. The number of amides is 1. The average molecular weight is 302 g/mol. The van der Waals surface area contributed by atoms with Crippen LogP contribution in [0.4, 0.5) is 0 Å². The Morgan fingerprint density at radius 2 is 2.00 bits per heavy atom. The van der Waals surface area contributed by atoms with E-state index in [2.05, 4.69) is 10.3 Å². The predicted octanol–water partition coefficient (Wildman–Crippen LogP) is 1.90. The largest absolute Gasteiger partial charge is 0.480 e. The maximum atomic E-state index is 12.5. The third-order valence-electron chi connectivity index (χ3n) is 3.61. The Morgan fingerprint density at radius 1 is 1.32 bits per heavy atom. The standard InChI is InChI=1S/C16H18N2O4/c1-3-8-16(2,15(21)22)18-14(20)11-9-13(19)17-12-7-5-4-6-10(11)12/h4-7,9H,3,8H2,1-2H3,(H,17,19)(H,18,20)(H,21,22). The van der Waals surface area contributed by atoms with Gasteiger partial charge in [-0.3, -0.25) is 9.59 Å². The fourth-order valence-electron chi connectivity index (χ4n) is 2.43. The molecule has 6 heteroatoms. The van der Waals surface area contributed by atoms with Gasteiger partial charge in [0.05, 0.1) is 5.56 Å². The molecular weight excluding hydrogens is 284 g/mol. The quantitative estimate of drug-likeness (QED) is 0.785. The zero-order valence-electron chi connectivity index (χ0n) is 12.5. The van der Waals surface area contributed by atoms with E-state index in [-0.39, 0.29) is 5.56 Å². The van der Waals surface area contributed by atoms with E-state index < -0.39 is 23.0 Å². The summed E-state index contributed by atoms with van der Waals surface area (Å²) in [5.41, 5.74) is -1.07. The molecule has 0 bridgehead atoms. The van der Waals surface area contributed by atoms with E-state index in [1.165, 1.54) is 13.0 Å². The molecule has 0 fully saturated rings. The Hall–Kier alpha value is -2.63. The summed E-state index contributed by atoms with van der Waals surface area (Å²) in [6, 6.07) is 8.08. The van der Waals surface area contributed by atoms with Crippen LogP contribution in [-0.4, -0.2) is 27.5 Å². The molecule has 0 spiro atoms. The normalized spacial score (nSPS) is 13.5. The van der Waals surface area contributed by atoms with Gasteiger partial charge >= 0.3 is 5.97 Å². The summed E-state index contributed by atoms with van der Waals surface area (Å²) in [4.78, 5) is 38.2. The summed E-state index contributed by atoms with van der Waals surface area (Å²) in [7, 11) is 0. The van der Waals surface area contributed by atoms with Gasteiger partial charge in [0, 0.05) is 17.0 Å². The number of aliphatic carboxylic acids is 1. The summed E-state index contributed by atoms with van der Waals surface area (Å²) in [6.07, 6.45) is 0.911. The van der Waals surface area contributed by atoms with Gasteiger partial charge in [0.1, 0.15) is 5.54 Å². The van der Waals surface area contributed by atoms with Crippen molar-refractivity contribution in [3.63, 3.8) is 0 Å². The van der Waals surface area contributed by atoms with E-state index in [4.69, 9.17) is 0 Å². The van der Waals surface area contributed by atoms with Crippen molar-refractivity contribution in [1.82, 2.24) is 10.3 Å². The number of nitrogens with one attached hydrogen (secondary N) is 2. The minimum absolute atomic E-state index is 0.169. The molecule has 116 valence electrons. The van der Waals surface area contributed by atoms with Crippen molar-refractivity contribution in [1.29, 1.82) is 0 Å². The summed E-state index contributed by atoms with van der Waals surface area (Å²) < 4.78 is 0. The number of aromatic nitrogens is 1. The molecule has 6 nitrogen and oxygen atoms in total. The number of carbonyl (C=O) groups excluding carboxylic acids is 1. The maximum absolute atomic E-state index is 12.5. The van der Waals surface area contributed by atoms with E-state index in [0.717, 1.165) is 0 Å². The first-order valence-corrected chi connectivity index (χ1v) is 7.05. The molecule has 22 heavy (non-hydrogen) atoms. The second-order valence-electron chi connectivity index (χ2n) is 5.43. The van der Waals surface area contributed by atoms with Gasteiger partial charge < -0.3 is 15.4 Å². The van der Waals surface area contributed by atoms with Crippen LogP contribution in [0.15, 0.2) is 35.1 Å². The minimum atomic E-state index is -1.37. The molecule has 1 heterocycles. The molecule has 1 aromatic heterocycles. The average Bonchev–Trinajstić information content (AvgIpc) is 2.46. The van der Waals surface area contributed by atoms with Crippen LogP contribution in [-0.2, 0) is 4.79 Å². The molecule has 0 aliphatic carbocycles. The Kier molecular flexibility index (Phi) is 4.30. The second-order valence-corrected chi connectivity index (χ2v) is 5.43. The van der Waals surface area contributed by atoms with E-state index in [1.54, 1.807) is 24.3 Å². The Labute approximate surface area is 127 Å². The fraction of sp³-hybridized carbons (Fsp3) is 0.312. The number of aromatic amines is 1. The molecule has 1 amide bonds. The van der Waals surface area contributed by atoms with Crippen LogP contribution in [0.2, 0.25) is 0 Å².